The fourth-order valence-electron chi connectivity index (χ4n) is 3.28. The SMILES string of the molecule is Cc1cc(C(=O)CSc2cc(Cl)ccc2Cl)c(C)n1-c1ccc2c(c1)OCO2. The molecule has 3 aromatic rings. The summed E-state index contributed by atoms with van der Waals surface area (Å²) in [5.41, 5.74) is 3.49. The quantitative estimate of drug-likeness (QED) is 0.359. The Morgan fingerprint density at radius 2 is 1.86 bits per heavy atom. The number of benzene rings is 2. The first-order valence-corrected chi connectivity index (χ1v) is 10.4. The Morgan fingerprint density at radius 3 is 2.68 bits per heavy atom. The van der Waals surface area contributed by atoms with Crippen LogP contribution >= 0.6 is 35.0 Å². The number of ether oxygens (including phenoxy) is 2. The zero-order chi connectivity index (χ0) is 19.8. The Kier molecular flexibility index (Phi) is 5.32. The standard InChI is InChI=1S/C21H17Cl2NO3S/c1-12-7-16(18(25)10-28-21-8-14(22)3-5-17(21)23)13(2)24(12)15-4-6-19-20(9-15)27-11-26-19/h3-9H,10-11H2,1-2H3. The molecule has 0 N–H and O–H groups in total. The van der Waals surface area contributed by atoms with Crippen molar-refractivity contribution >= 4 is 40.7 Å². The number of carbonyl (C=O) groups is 1. The van der Waals surface area contributed by atoms with E-state index in [1.54, 1.807) is 18.2 Å². The van der Waals surface area contributed by atoms with Crippen molar-refractivity contribution in [1.82, 2.24) is 4.57 Å². The van der Waals surface area contributed by atoms with Crippen LogP contribution < -0.4 is 9.47 Å². The molecule has 1 aliphatic rings. The zero-order valence-electron chi connectivity index (χ0n) is 15.3. The molecule has 0 saturated carbocycles. The van der Waals surface area contributed by atoms with Gasteiger partial charge in [-0.15, -0.1) is 11.8 Å². The van der Waals surface area contributed by atoms with Crippen LogP contribution in [0.4, 0.5) is 0 Å². The number of aromatic nitrogens is 1. The van der Waals surface area contributed by atoms with Crippen molar-refractivity contribution in [3.8, 4) is 17.2 Å². The number of nitrogens with zero attached hydrogens (tertiary/aromatic N) is 1. The average molecular weight is 434 g/mol. The van der Waals surface area contributed by atoms with E-state index < -0.39 is 0 Å². The molecule has 1 aliphatic heterocycles. The van der Waals surface area contributed by atoms with Crippen molar-refractivity contribution < 1.29 is 14.3 Å². The Hall–Kier alpha value is -2.08. The highest BCUT2D eigenvalue weighted by Crippen LogP contribution is 2.35. The molecule has 4 nitrogen and oxygen atoms in total. The van der Waals surface area contributed by atoms with E-state index in [0.717, 1.165) is 27.7 Å². The predicted octanol–water partition coefficient (Wildman–Crippen LogP) is 6.10. The Morgan fingerprint density at radius 1 is 1.07 bits per heavy atom. The molecule has 0 bridgehead atoms. The van der Waals surface area contributed by atoms with Crippen LogP contribution in [-0.4, -0.2) is 22.9 Å². The topological polar surface area (TPSA) is 40.5 Å². The van der Waals surface area contributed by atoms with Gasteiger partial charge in [-0.25, -0.2) is 0 Å². The monoisotopic (exact) mass is 433 g/mol. The van der Waals surface area contributed by atoms with Crippen molar-refractivity contribution in [2.75, 3.05) is 12.5 Å². The average Bonchev–Trinajstić information content (AvgIpc) is 3.25. The molecule has 0 unspecified atom stereocenters. The number of thioether (sulfide) groups is 1. The summed E-state index contributed by atoms with van der Waals surface area (Å²) in [6, 6.07) is 12.9. The normalized spacial score (nSPS) is 12.4. The molecule has 4 rings (SSSR count). The smallest absolute Gasteiger partial charge is 0.231 e. The van der Waals surface area contributed by atoms with Crippen molar-refractivity contribution in [2.45, 2.75) is 18.7 Å². The molecule has 28 heavy (non-hydrogen) atoms. The van der Waals surface area contributed by atoms with Gasteiger partial charge in [0.2, 0.25) is 6.79 Å². The molecule has 0 radical (unpaired) electrons. The van der Waals surface area contributed by atoms with Gasteiger partial charge < -0.3 is 14.0 Å². The molecule has 0 amide bonds. The second-order valence-electron chi connectivity index (χ2n) is 6.44. The van der Waals surface area contributed by atoms with Gasteiger partial charge in [-0.3, -0.25) is 4.79 Å². The molecule has 0 aliphatic carbocycles. The number of hydrogen-bond donors (Lipinski definition) is 0. The van der Waals surface area contributed by atoms with E-state index in [-0.39, 0.29) is 18.3 Å². The summed E-state index contributed by atoms with van der Waals surface area (Å²) in [5.74, 6) is 1.77. The van der Waals surface area contributed by atoms with Crippen molar-refractivity contribution in [3.63, 3.8) is 0 Å². The summed E-state index contributed by atoms with van der Waals surface area (Å²) < 4.78 is 12.9. The van der Waals surface area contributed by atoms with E-state index in [0.29, 0.717) is 21.4 Å². The van der Waals surface area contributed by atoms with Gasteiger partial charge in [0.15, 0.2) is 17.3 Å². The highest BCUT2D eigenvalue weighted by molar-refractivity contribution is 8.00. The summed E-state index contributed by atoms with van der Waals surface area (Å²) in [5, 5.41) is 1.19. The van der Waals surface area contributed by atoms with E-state index in [1.165, 1.54) is 11.8 Å². The van der Waals surface area contributed by atoms with Crippen LogP contribution in [0.1, 0.15) is 21.7 Å². The third kappa shape index (κ3) is 3.62. The first-order valence-electron chi connectivity index (χ1n) is 8.64. The summed E-state index contributed by atoms with van der Waals surface area (Å²) in [7, 11) is 0. The Bertz CT molecular complexity index is 1080. The molecule has 0 atom stereocenters. The largest absolute Gasteiger partial charge is 0.454 e. The second kappa shape index (κ2) is 7.74. The predicted molar refractivity (Wildman–Crippen MR) is 113 cm³/mol. The number of rotatable bonds is 5. The minimum Gasteiger partial charge on any atom is -0.454 e. The number of ketones is 1. The lowest BCUT2D eigenvalue weighted by Crippen LogP contribution is -2.05. The van der Waals surface area contributed by atoms with Gasteiger partial charge in [0.05, 0.1) is 10.8 Å². The maximum atomic E-state index is 12.9. The summed E-state index contributed by atoms with van der Waals surface area (Å²) in [4.78, 5) is 13.7. The number of Topliss-reactive ketones (excluding diaryl/α,β-unsaturated/α-hetero) is 1. The Labute approximate surface area is 177 Å². The summed E-state index contributed by atoms with van der Waals surface area (Å²) in [6.07, 6.45) is 0. The fraction of sp³-hybridized carbons (Fsp3) is 0.190. The van der Waals surface area contributed by atoms with E-state index in [2.05, 4.69) is 0 Å². The van der Waals surface area contributed by atoms with E-state index in [4.69, 9.17) is 32.7 Å². The van der Waals surface area contributed by atoms with E-state index >= 15 is 0 Å². The summed E-state index contributed by atoms with van der Waals surface area (Å²) in [6.45, 7) is 4.16. The highest BCUT2D eigenvalue weighted by atomic mass is 35.5. The van der Waals surface area contributed by atoms with Gasteiger partial charge in [0.1, 0.15) is 0 Å². The number of fused-ring (bicyclic) bond motifs is 1. The van der Waals surface area contributed by atoms with Crippen LogP contribution in [-0.2, 0) is 0 Å². The second-order valence-corrected chi connectivity index (χ2v) is 8.31. The molecule has 2 aromatic carbocycles. The molecule has 0 spiro atoms. The van der Waals surface area contributed by atoms with Crippen LogP contribution in [0.15, 0.2) is 47.4 Å². The lowest BCUT2D eigenvalue weighted by atomic mass is 10.2. The van der Waals surface area contributed by atoms with E-state index in [1.807, 2.05) is 42.7 Å². The number of carbonyl (C=O) groups excluding carboxylic acids is 1. The highest BCUT2D eigenvalue weighted by Gasteiger charge is 2.20. The molecule has 0 saturated heterocycles. The van der Waals surface area contributed by atoms with Gasteiger partial charge in [-0.05, 0) is 50.2 Å². The molecule has 0 fully saturated rings. The molecular weight excluding hydrogens is 417 g/mol. The van der Waals surface area contributed by atoms with Gasteiger partial charge in [-0.2, -0.15) is 0 Å². The van der Waals surface area contributed by atoms with Crippen LogP contribution in [0.3, 0.4) is 0 Å². The maximum absolute atomic E-state index is 12.9. The molecule has 144 valence electrons. The van der Waals surface area contributed by atoms with Crippen molar-refractivity contribution in [2.24, 2.45) is 0 Å². The van der Waals surface area contributed by atoms with Crippen LogP contribution in [0, 0.1) is 13.8 Å². The third-order valence-electron chi connectivity index (χ3n) is 4.60. The summed E-state index contributed by atoms with van der Waals surface area (Å²) >= 11 is 13.6. The number of aryl methyl sites for hydroxylation is 1. The lowest BCUT2D eigenvalue weighted by molar-refractivity contribution is 0.102. The fourth-order valence-corrected chi connectivity index (χ4v) is 4.65. The molecule has 2 heterocycles. The van der Waals surface area contributed by atoms with Gasteiger partial charge >= 0.3 is 0 Å². The molecular formula is C21H17Cl2NO3S. The third-order valence-corrected chi connectivity index (χ3v) is 6.33. The van der Waals surface area contributed by atoms with Gasteiger partial charge in [0, 0.05) is 38.6 Å². The van der Waals surface area contributed by atoms with E-state index in [9.17, 15) is 4.79 Å². The minimum atomic E-state index is 0.0427. The van der Waals surface area contributed by atoms with Crippen molar-refractivity contribution in [3.05, 3.63) is 69.5 Å². The van der Waals surface area contributed by atoms with Crippen LogP contribution in [0.5, 0.6) is 11.5 Å². The molecule has 7 heteroatoms. The maximum Gasteiger partial charge on any atom is 0.231 e. The van der Waals surface area contributed by atoms with Crippen LogP contribution in [0.2, 0.25) is 10.0 Å². The van der Waals surface area contributed by atoms with Gasteiger partial charge in [0.25, 0.3) is 0 Å². The first-order chi connectivity index (χ1) is 13.4. The molecule has 1 aromatic heterocycles. The number of halogens is 2. The number of hydrogen-bond acceptors (Lipinski definition) is 4. The zero-order valence-corrected chi connectivity index (χ0v) is 17.6. The lowest BCUT2D eigenvalue weighted by Gasteiger charge is -2.11. The Balaban J connectivity index is 1.58. The van der Waals surface area contributed by atoms with Crippen LogP contribution in [0.25, 0.3) is 5.69 Å². The minimum absolute atomic E-state index is 0.0427. The van der Waals surface area contributed by atoms with Crippen molar-refractivity contribution in [1.29, 1.82) is 0 Å². The van der Waals surface area contributed by atoms with Gasteiger partial charge in [-0.1, -0.05) is 23.2 Å². The first kappa shape index (κ1) is 19.2.